The molecular formula is C14H15BrN2O4. The van der Waals surface area contributed by atoms with Crippen LogP contribution in [0.1, 0.15) is 35.4 Å². The first-order valence-corrected chi connectivity index (χ1v) is 7.25. The van der Waals surface area contributed by atoms with Crippen LogP contribution in [0.3, 0.4) is 0 Å². The molecular weight excluding hydrogens is 340 g/mol. The molecule has 112 valence electrons. The SMILES string of the molecule is CCCc1noc(COc2ccc(C(=O)OC)cc2Br)n1. The molecule has 0 bridgehead atoms. The van der Waals surface area contributed by atoms with Gasteiger partial charge in [-0.25, -0.2) is 4.79 Å². The summed E-state index contributed by atoms with van der Waals surface area (Å²) in [6.45, 7) is 2.22. The lowest BCUT2D eigenvalue weighted by Gasteiger charge is -2.07. The van der Waals surface area contributed by atoms with Gasteiger partial charge in [0.1, 0.15) is 5.75 Å². The lowest BCUT2D eigenvalue weighted by atomic mass is 10.2. The predicted octanol–water partition coefficient (Wildman–Crippen LogP) is 3.15. The van der Waals surface area contributed by atoms with E-state index >= 15 is 0 Å². The Bertz CT molecular complexity index is 627. The summed E-state index contributed by atoms with van der Waals surface area (Å²) >= 11 is 3.35. The first-order chi connectivity index (χ1) is 10.1. The highest BCUT2D eigenvalue weighted by atomic mass is 79.9. The smallest absolute Gasteiger partial charge is 0.337 e. The van der Waals surface area contributed by atoms with Gasteiger partial charge in [0.25, 0.3) is 5.89 Å². The topological polar surface area (TPSA) is 74.5 Å². The molecule has 1 aromatic heterocycles. The number of carbonyl (C=O) groups is 1. The second kappa shape index (κ2) is 7.21. The lowest BCUT2D eigenvalue weighted by molar-refractivity contribution is 0.0600. The zero-order chi connectivity index (χ0) is 15.2. The second-order valence-corrected chi connectivity index (χ2v) is 5.13. The largest absolute Gasteiger partial charge is 0.483 e. The maximum Gasteiger partial charge on any atom is 0.337 e. The Labute approximate surface area is 130 Å². The van der Waals surface area contributed by atoms with Crippen LogP contribution < -0.4 is 4.74 Å². The summed E-state index contributed by atoms with van der Waals surface area (Å²) in [5.41, 5.74) is 0.444. The number of benzene rings is 1. The lowest BCUT2D eigenvalue weighted by Crippen LogP contribution is -2.02. The van der Waals surface area contributed by atoms with Crippen LogP contribution in [0.4, 0.5) is 0 Å². The number of methoxy groups -OCH3 is 1. The highest BCUT2D eigenvalue weighted by Gasteiger charge is 2.11. The van der Waals surface area contributed by atoms with Gasteiger partial charge in [-0.15, -0.1) is 0 Å². The summed E-state index contributed by atoms with van der Waals surface area (Å²) in [5.74, 6) is 1.28. The first kappa shape index (κ1) is 15.5. The van der Waals surface area contributed by atoms with Gasteiger partial charge in [-0.2, -0.15) is 4.98 Å². The molecule has 2 aromatic rings. The fraction of sp³-hybridized carbons (Fsp3) is 0.357. The molecule has 0 fully saturated rings. The first-order valence-electron chi connectivity index (χ1n) is 6.46. The van der Waals surface area contributed by atoms with Crippen molar-refractivity contribution in [3.05, 3.63) is 40.0 Å². The molecule has 6 nitrogen and oxygen atoms in total. The van der Waals surface area contributed by atoms with Crippen LogP contribution >= 0.6 is 15.9 Å². The van der Waals surface area contributed by atoms with E-state index in [0.29, 0.717) is 27.5 Å². The Kier molecular flexibility index (Phi) is 5.32. The number of rotatable bonds is 6. The van der Waals surface area contributed by atoms with Crippen LogP contribution in [0.2, 0.25) is 0 Å². The normalized spacial score (nSPS) is 10.4. The van der Waals surface area contributed by atoms with E-state index in [1.54, 1.807) is 18.2 Å². The molecule has 0 atom stereocenters. The number of ether oxygens (including phenoxy) is 2. The van der Waals surface area contributed by atoms with Crippen molar-refractivity contribution >= 4 is 21.9 Å². The summed E-state index contributed by atoms with van der Waals surface area (Å²) in [5, 5.41) is 3.85. The number of hydrogen-bond acceptors (Lipinski definition) is 6. The summed E-state index contributed by atoms with van der Waals surface area (Å²) in [6, 6.07) is 4.94. The van der Waals surface area contributed by atoms with E-state index in [4.69, 9.17) is 9.26 Å². The number of aryl methyl sites for hydroxylation is 1. The minimum absolute atomic E-state index is 0.173. The fourth-order valence-electron chi connectivity index (χ4n) is 1.68. The van der Waals surface area contributed by atoms with Gasteiger partial charge in [0.15, 0.2) is 12.4 Å². The van der Waals surface area contributed by atoms with Gasteiger partial charge in [0.2, 0.25) is 0 Å². The summed E-state index contributed by atoms with van der Waals surface area (Å²) in [4.78, 5) is 15.6. The van der Waals surface area contributed by atoms with E-state index < -0.39 is 5.97 Å². The molecule has 7 heteroatoms. The van der Waals surface area contributed by atoms with Crippen molar-refractivity contribution in [2.24, 2.45) is 0 Å². The molecule has 1 heterocycles. The number of halogens is 1. The molecule has 2 rings (SSSR count). The van der Waals surface area contributed by atoms with E-state index in [9.17, 15) is 4.79 Å². The van der Waals surface area contributed by atoms with Gasteiger partial charge >= 0.3 is 5.97 Å². The minimum Gasteiger partial charge on any atom is -0.483 e. The quantitative estimate of drug-likeness (QED) is 0.741. The third-order valence-corrected chi connectivity index (χ3v) is 3.31. The molecule has 0 spiro atoms. The van der Waals surface area contributed by atoms with E-state index in [1.165, 1.54) is 7.11 Å². The average molecular weight is 355 g/mol. The van der Waals surface area contributed by atoms with Gasteiger partial charge in [-0.05, 0) is 40.5 Å². The molecule has 0 aliphatic rings. The van der Waals surface area contributed by atoms with Gasteiger partial charge in [0.05, 0.1) is 17.1 Å². The zero-order valence-electron chi connectivity index (χ0n) is 11.8. The Balaban J connectivity index is 2.00. The van der Waals surface area contributed by atoms with E-state index in [0.717, 1.165) is 12.8 Å². The number of nitrogens with zero attached hydrogens (tertiary/aromatic N) is 2. The van der Waals surface area contributed by atoms with Gasteiger partial charge in [-0.3, -0.25) is 0 Å². The van der Waals surface area contributed by atoms with Crippen LogP contribution in [-0.4, -0.2) is 23.2 Å². The van der Waals surface area contributed by atoms with Crippen LogP contribution in [0.25, 0.3) is 0 Å². The van der Waals surface area contributed by atoms with Gasteiger partial charge in [-0.1, -0.05) is 12.1 Å². The van der Waals surface area contributed by atoms with Crippen molar-refractivity contribution in [3.63, 3.8) is 0 Å². The Morgan fingerprint density at radius 3 is 2.90 bits per heavy atom. The van der Waals surface area contributed by atoms with Crippen LogP contribution in [0, 0.1) is 0 Å². The van der Waals surface area contributed by atoms with Gasteiger partial charge < -0.3 is 14.0 Å². The van der Waals surface area contributed by atoms with E-state index in [-0.39, 0.29) is 6.61 Å². The standard InChI is InChI=1S/C14H15BrN2O4/c1-3-4-12-16-13(21-17-12)8-20-11-6-5-9(7-10(11)15)14(18)19-2/h5-7H,3-4,8H2,1-2H3. The van der Waals surface area contributed by atoms with Crippen molar-refractivity contribution in [2.75, 3.05) is 7.11 Å². The summed E-state index contributed by atoms with van der Waals surface area (Å²) < 4.78 is 16.0. The van der Waals surface area contributed by atoms with Crippen molar-refractivity contribution in [1.29, 1.82) is 0 Å². The molecule has 0 saturated carbocycles. The zero-order valence-corrected chi connectivity index (χ0v) is 13.3. The number of hydrogen-bond donors (Lipinski definition) is 0. The van der Waals surface area contributed by atoms with Crippen molar-refractivity contribution in [2.45, 2.75) is 26.4 Å². The maximum absolute atomic E-state index is 11.4. The van der Waals surface area contributed by atoms with Crippen LogP contribution in [-0.2, 0) is 17.8 Å². The fourth-order valence-corrected chi connectivity index (χ4v) is 2.17. The molecule has 0 unspecified atom stereocenters. The molecule has 21 heavy (non-hydrogen) atoms. The highest BCUT2D eigenvalue weighted by molar-refractivity contribution is 9.10. The molecule has 0 N–H and O–H groups in total. The van der Waals surface area contributed by atoms with Gasteiger partial charge in [0, 0.05) is 6.42 Å². The van der Waals surface area contributed by atoms with E-state index in [1.807, 2.05) is 6.92 Å². The minimum atomic E-state index is -0.400. The van der Waals surface area contributed by atoms with Crippen molar-refractivity contribution < 1.29 is 18.8 Å². The van der Waals surface area contributed by atoms with Crippen molar-refractivity contribution in [1.82, 2.24) is 10.1 Å². The molecule has 0 saturated heterocycles. The Morgan fingerprint density at radius 2 is 2.24 bits per heavy atom. The molecule has 0 aliphatic heterocycles. The molecule has 1 aromatic carbocycles. The highest BCUT2D eigenvalue weighted by Crippen LogP contribution is 2.27. The number of carbonyl (C=O) groups excluding carboxylic acids is 1. The number of esters is 1. The summed E-state index contributed by atoms with van der Waals surface area (Å²) in [7, 11) is 1.34. The van der Waals surface area contributed by atoms with Crippen molar-refractivity contribution in [3.8, 4) is 5.75 Å². The number of aromatic nitrogens is 2. The second-order valence-electron chi connectivity index (χ2n) is 4.28. The van der Waals surface area contributed by atoms with E-state index in [2.05, 4.69) is 30.8 Å². The molecule has 0 aliphatic carbocycles. The average Bonchev–Trinajstić information content (AvgIpc) is 2.93. The molecule has 0 radical (unpaired) electrons. The third-order valence-electron chi connectivity index (χ3n) is 2.69. The maximum atomic E-state index is 11.4. The monoisotopic (exact) mass is 354 g/mol. The van der Waals surface area contributed by atoms with Crippen LogP contribution in [0.5, 0.6) is 5.75 Å². The van der Waals surface area contributed by atoms with Crippen LogP contribution in [0.15, 0.2) is 27.2 Å². The Morgan fingerprint density at radius 1 is 1.43 bits per heavy atom. The summed E-state index contributed by atoms with van der Waals surface area (Å²) in [6.07, 6.45) is 1.74. The predicted molar refractivity (Wildman–Crippen MR) is 78.1 cm³/mol. The Hall–Kier alpha value is -1.89. The third kappa shape index (κ3) is 4.04. The molecule has 0 amide bonds.